The zero-order chi connectivity index (χ0) is 31.1. The van der Waals surface area contributed by atoms with E-state index in [9.17, 15) is 19.2 Å². The Labute approximate surface area is 256 Å². The number of carbonyl (C=O) groups is 4. The molecular formula is C32H40N2O6S2. The Bertz CT molecular complexity index is 1150. The predicted octanol–water partition coefficient (Wildman–Crippen LogP) is 6.23. The summed E-state index contributed by atoms with van der Waals surface area (Å²) in [6, 6.07) is 12.5. The minimum absolute atomic E-state index is 0.0631. The number of benzene rings is 2. The van der Waals surface area contributed by atoms with Crippen molar-refractivity contribution in [3.63, 3.8) is 0 Å². The molecule has 0 aliphatic carbocycles. The van der Waals surface area contributed by atoms with E-state index in [0.717, 1.165) is 0 Å². The molecule has 2 N–H and O–H groups in total. The third kappa shape index (κ3) is 11.4. The number of hydrogen-bond acceptors (Lipinski definition) is 8. The highest BCUT2D eigenvalue weighted by Crippen LogP contribution is 2.40. The van der Waals surface area contributed by atoms with Crippen LogP contribution in [0, 0.1) is 11.8 Å². The molecule has 0 fully saturated rings. The lowest BCUT2D eigenvalue weighted by atomic mass is 10.0. The van der Waals surface area contributed by atoms with E-state index in [-0.39, 0.29) is 25.0 Å². The summed E-state index contributed by atoms with van der Waals surface area (Å²) in [5, 5.41) is 5.64. The molecule has 0 bridgehead atoms. The highest BCUT2D eigenvalue weighted by molar-refractivity contribution is 8.76. The average molecular weight is 613 g/mol. The smallest absolute Gasteiger partial charge is 0.328 e. The summed E-state index contributed by atoms with van der Waals surface area (Å²) in [7, 11) is 2.63. The van der Waals surface area contributed by atoms with E-state index in [1.165, 1.54) is 33.7 Å². The Hall–Kier alpha value is -3.50. The van der Waals surface area contributed by atoms with E-state index < -0.39 is 35.8 Å². The predicted molar refractivity (Wildman–Crippen MR) is 168 cm³/mol. The largest absolute Gasteiger partial charge is 0.460 e. The highest BCUT2D eigenvalue weighted by Gasteiger charge is 2.26. The minimum atomic E-state index is -0.801. The van der Waals surface area contributed by atoms with Crippen LogP contribution in [0.4, 0.5) is 0 Å². The fraction of sp³-hybridized carbons (Fsp3) is 0.375. The molecule has 2 amide bonds. The molecule has 0 unspecified atom stereocenters. The molecule has 0 aliphatic heterocycles. The standard InChI is InChI=1S/C32H40N2O6S2/c1-7-17-39-31(37)25(19-21(3)4)33-29(35)23-13-9-11-15-27(23)41-42-28-16-12-10-14-24(28)30(36)34-26(20-22(5)6)32(38)40-18-8-2/h7-16,21-22,25-26H,1-2,17-20H2,3-6H3,(H,33,35)(H,34,36)/t25-,26-/m0/s1. The second-order valence-corrected chi connectivity index (χ2v) is 12.5. The molecule has 0 radical (unpaired) electrons. The van der Waals surface area contributed by atoms with Gasteiger partial charge in [-0.3, -0.25) is 9.59 Å². The van der Waals surface area contributed by atoms with Gasteiger partial charge in [0.2, 0.25) is 0 Å². The molecule has 0 aromatic heterocycles. The summed E-state index contributed by atoms with van der Waals surface area (Å²) in [6.45, 7) is 15.1. The molecular weight excluding hydrogens is 572 g/mol. The molecule has 2 rings (SSSR count). The van der Waals surface area contributed by atoms with Gasteiger partial charge in [0.25, 0.3) is 11.8 Å². The number of nitrogens with one attached hydrogen (secondary N) is 2. The molecule has 2 aromatic carbocycles. The zero-order valence-electron chi connectivity index (χ0n) is 24.6. The number of amides is 2. The molecule has 42 heavy (non-hydrogen) atoms. The number of carbonyl (C=O) groups excluding carboxylic acids is 4. The van der Waals surface area contributed by atoms with Gasteiger partial charge in [0.15, 0.2) is 0 Å². The van der Waals surface area contributed by atoms with Gasteiger partial charge in [0.1, 0.15) is 25.3 Å². The molecule has 0 saturated heterocycles. The van der Waals surface area contributed by atoms with Gasteiger partial charge < -0.3 is 20.1 Å². The Morgan fingerprint density at radius 2 is 1.05 bits per heavy atom. The number of rotatable bonds is 17. The Balaban J connectivity index is 2.21. The van der Waals surface area contributed by atoms with Crippen molar-refractivity contribution in [3.8, 4) is 0 Å². The zero-order valence-corrected chi connectivity index (χ0v) is 26.2. The van der Waals surface area contributed by atoms with Crippen LogP contribution < -0.4 is 10.6 Å². The number of ether oxygens (including phenoxy) is 2. The van der Waals surface area contributed by atoms with Crippen molar-refractivity contribution in [2.45, 2.75) is 62.4 Å². The maximum atomic E-state index is 13.3. The van der Waals surface area contributed by atoms with Crippen molar-refractivity contribution in [1.82, 2.24) is 10.6 Å². The van der Waals surface area contributed by atoms with Crippen LogP contribution in [0.5, 0.6) is 0 Å². The maximum absolute atomic E-state index is 13.3. The van der Waals surface area contributed by atoms with Gasteiger partial charge in [-0.25, -0.2) is 9.59 Å². The topological polar surface area (TPSA) is 111 Å². The second-order valence-electron chi connectivity index (χ2n) is 10.3. The van der Waals surface area contributed by atoms with E-state index in [1.807, 2.05) is 39.8 Å². The van der Waals surface area contributed by atoms with Crippen molar-refractivity contribution >= 4 is 45.3 Å². The van der Waals surface area contributed by atoms with Gasteiger partial charge in [-0.1, -0.05) is 98.9 Å². The van der Waals surface area contributed by atoms with Crippen molar-refractivity contribution in [2.75, 3.05) is 13.2 Å². The van der Waals surface area contributed by atoms with Gasteiger partial charge >= 0.3 is 11.9 Å². The van der Waals surface area contributed by atoms with Gasteiger partial charge in [0.05, 0.1) is 11.1 Å². The lowest BCUT2D eigenvalue weighted by molar-refractivity contribution is -0.145. The van der Waals surface area contributed by atoms with Crippen LogP contribution in [0.1, 0.15) is 61.3 Å². The molecule has 226 valence electrons. The van der Waals surface area contributed by atoms with Gasteiger partial charge in [-0.15, -0.1) is 0 Å². The lowest BCUT2D eigenvalue weighted by Gasteiger charge is -2.20. The number of hydrogen-bond donors (Lipinski definition) is 2. The van der Waals surface area contributed by atoms with Crippen LogP contribution in [0.25, 0.3) is 0 Å². The normalized spacial score (nSPS) is 12.2. The van der Waals surface area contributed by atoms with E-state index in [4.69, 9.17) is 9.47 Å². The molecule has 2 aromatic rings. The van der Waals surface area contributed by atoms with Crippen molar-refractivity contribution in [2.24, 2.45) is 11.8 Å². The molecule has 0 saturated carbocycles. The first-order chi connectivity index (χ1) is 20.1. The molecule has 0 aliphatic rings. The minimum Gasteiger partial charge on any atom is -0.460 e. The lowest BCUT2D eigenvalue weighted by Crippen LogP contribution is -2.43. The van der Waals surface area contributed by atoms with Crippen molar-refractivity contribution < 1.29 is 28.7 Å². The van der Waals surface area contributed by atoms with Gasteiger partial charge in [0, 0.05) is 9.79 Å². The Kier molecular flexibility index (Phi) is 15.0. The third-order valence-electron chi connectivity index (χ3n) is 5.77. The fourth-order valence-electron chi connectivity index (χ4n) is 3.87. The second kappa shape index (κ2) is 18.1. The van der Waals surface area contributed by atoms with Crippen LogP contribution in [-0.2, 0) is 19.1 Å². The first-order valence-electron chi connectivity index (χ1n) is 13.8. The quantitative estimate of drug-likeness (QED) is 0.123. The maximum Gasteiger partial charge on any atom is 0.328 e. The van der Waals surface area contributed by atoms with Crippen LogP contribution in [-0.4, -0.2) is 49.1 Å². The summed E-state index contributed by atoms with van der Waals surface area (Å²) in [5.74, 6) is -1.53. The average Bonchev–Trinajstić information content (AvgIpc) is 2.96. The first-order valence-corrected chi connectivity index (χ1v) is 15.9. The van der Waals surface area contributed by atoms with Gasteiger partial charge in [-0.2, -0.15) is 0 Å². The van der Waals surface area contributed by atoms with E-state index >= 15 is 0 Å². The van der Waals surface area contributed by atoms with Crippen LogP contribution in [0.3, 0.4) is 0 Å². The third-order valence-corrected chi connectivity index (χ3v) is 8.25. The fourth-order valence-corrected chi connectivity index (χ4v) is 6.23. The summed E-state index contributed by atoms with van der Waals surface area (Å²) in [5.41, 5.74) is 0.786. The SMILES string of the molecule is C=CCOC(=O)[C@H](CC(C)C)NC(=O)c1ccccc1SSc1ccccc1C(=O)N[C@@H](CC(C)C)C(=O)OCC=C. The van der Waals surface area contributed by atoms with Crippen LogP contribution in [0.15, 0.2) is 83.6 Å². The summed E-state index contributed by atoms with van der Waals surface area (Å²) in [4.78, 5) is 53.0. The Morgan fingerprint density at radius 3 is 1.38 bits per heavy atom. The molecule has 0 spiro atoms. The summed E-state index contributed by atoms with van der Waals surface area (Å²) >= 11 is 0. The van der Waals surface area contributed by atoms with Crippen LogP contribution in [0.2, 0.25) is 0 Å². The Morgan fingerprint density at radius 1 is 0.690 bits per heavy atom. The highest BCUT2D eigenvalue weighted by atomic mass is 33.1. The van der Waals surface area contributed by atoms with Gasteiger partial charge in [-0.05, 0) is 48.9 Å². The van der Waals surface area contributed by atoms with E-state index in [1.54, 1.807) is 36.4 Å². The first kappa shape index (κ1) is 34.7. The summed E-state index contributed by atoms with van der Waals surface area (Å²) < 4.78 is 10.4. The van der Waals surface area contributed by atoms with E-state index in [0.29, 0.717) is 33.8 Å². The molecule has 10 heteroatoms. The molecule has 2 atom stereocenters. The van der Waals surface area contributed by atoms with E-state index in [2.05, 4.69) is 23.8 Å². The van der Waals surface area contributed by atoms with Crippen molar-refractivity contribution in [1.29, 1.82) is 0 Å². The molecule has 0 heterocycles. The summed E-state index contributed by atoms with van der Waals surface area (Å²) in [6.07, 6.45) is 3.80. The molecule has 8 nitrogen and oxygen atoms in total. The van der Waals surface area contributed by atoms with Crippen molar-refractivity contribution in [3.05, 3.63) is 85.0 Å². The number of esters is 2. The monoisotopic (exact) mass is 612 g/mol. The van der Waals surface area contributed by atoms with Crippen LogP contribution >= 0.6 is 21.6 Å².